The number of phenols is 2. The third-order valence-electron chi connectivity index (χ3n) is 3.94. The van der Waals surface area contributed by atoms with Gasteiger partial charge in [0.05, 0.1) is 0 Å². The van der Waals surface area contributed by atoms with Crippen LogP contribution in [0.1, 0.15) is 22.5 Å². The highest BCUT2D eigenvalue weighted by Gasteiger charge is 2.07. The fourth-order valence-electron chi connectivity index (χ4n) is 2.57. The molecule has 0 atom stereocenters. The molecule has 0 aliphatic heterocycles. The lowest BCUT2D eigenvalue weighted by Crippen LogP contribution is -3.00. The summed E-state index contributed by atoms with van der Waals surface area (Å²) >= 11 is 0. The van der Waals surface area contributed by atoms with Crippen LogP contribution < -0.4 is 28.5 Å². The molecule has 26 heavy (non-hydrogen) atoms. The minimum Gasteiger partial charge on any atom is -1.00 e. The lowest BCUT2D eigenvalue weighted by Gasteiger charge is -2.00. The van der Waals surface area contributed by atoms with Crippen molar-refractivity contribution in [3.05, 3.63) is 89.2 Å². The van der Waals surface area contributed by atoms with Gasteiger partial charge in [-0.25, -0.2) is 0 Å². The van der Waals surface area contributed by atoms with E-state index in [-0.39, 0.29) is 35.5 Å². The number of rotatable bonds is 4. The summed E-state index contributed by atoms with van der Waals surface area (Å²) in [5, 5.41) is 19.1. The number of aromatic nitrogens is 1. The maximum atomic E-state index is 9.54. The molecule has 0 fully saturated rings. The number of phenolic OH excluding ortho intramolecular Hbond substituents is 2. The molecule has 0 saturated carbocycles. The van der Waals surface area contributed by atoms with Gasteiger partial charge in [0.2, 0.25) is 11.4 Å². The van der Waals surface area contributed by atoms with Crippen molar-refractivity contribution in [2.75, 3.05) is 0 Å². The second-order valence-electron chi connectivity index (χ2n) is 5.79. The average molecular weight is 457 g/mol. The second kappa shape index (κ2) is 9.20. The molecule has 4 heteroatoms. The van der Waals surface area contributed by atoms with Crippen LogP contribution in [0.25, 0.3) is 24.3 Å². The summed E-state index contributed by atoms with van der Waals surface area (Å²) in [5.41, 5.74) is 3.98. The summed E-state index contributed by atoms with van der Waals surface area (Å²) in [6.07, 6.45) is 7.97. The van der Waals surface area contributed by atoms with Gasteiger partial charge in [-0.1, -0.05) is 24.3 Å². The Balaban J connectivity index is 0.00000243. The van der Waals surface area contributed by atoms with Crippen LogP contribution in [0.3, 0.4) is 0 Å². The van der Waals surface area contributed by atoms with Crippen LogP contribution in [0.2, 0.25) is 0 Å². The first kappa shape index (κ1) is 19.7. The fourth-order valence-corrected chi connectivity index (χ4v) is 2.57. The molecule has 0 bridgehead atoms. The maximum Gasteiger partial charge on any atom is 0.205 e. The molecule has 2 aromatic carbocycles. The van der Waals surface area contributed by atoms with Crippen molar-refractivity contribution in [3.63, 3.8) is 0 Å². The number of nitrogens with zero attached hydrogens (tertiary/aromatic N) is 1. The minimum atomic E-state index is 0. The third-order valence-corrected chi connectivity index (χ3v) is 3.94. The molecule has 2 N–H and O–H groups in total. The van der Waals surface area contributed by atoms with E-state index in [2.05, 4.69) is 4.57 Å². The van der Waals surface area contributed by atoms with Crippen molar-refractivity contribution in [2.45, 2.75) is 0 Å². The van der Waals surface area contributed by atoms with Crippen LogP contribution in [0.4, 0.5) is 0 Å². The summed E-state index contributed by atoms with van der Waals surface area (Å²) in [6.45, 7) is 0. The molecule has 0 unspecified atom stereocenters. The van der Waals surface area contributed by atoms with Crippen LogP contribution in [-0.4, -0.2) is 10.2 Å². The summed E-state index contributed by atoms with van der Waals surface area (Å²) in [7, 11) is 2.00. The molecule has 3 rings (SSSR count). The molecule has 0 aliphatic carbocycles. The van der Waals surface area contributed by atoms with Gasteiger partial charge in [-0.05, 0) is 53.6 Å². The van der Waals surface area contributed by atoms with E-state index in [0.717, 1.165) is 22.5 Å². The van der Waals surface area contributed by atoms with Gasteiger partial charge in [0.15, 0.2) is 0 Å². The number of pyridine rings is 1. The van der Waals surface area contributed by atoms with E-state index >= 15 is 0 Å². The Labute approximate surface area is 170 Å². The van der Waals surface area contributed by atoms with Gasteiger partial charge in [-0.2, -0.15) is 4.57 Å². The number of hydrogen-bond donors (Lipinski definition) is 2. The Bertz CT molecular complexity index is 875. The highest BCUT2D eigenvalue weighted by atomic mass is 127. The molecule has 0 radical (unpaired) electrons. The molecule has 0 saturated heterocycles. The van der Waals surface area contributed by atoms with E-state index in [4.69, 9.17) is 0 Å². The molecule has 0 aliphatic rings. The van der Waals surface area contributed by atoms with Crippen LogP contribution in [-0.2, 0) is 7.05 Å². The first-order chi connectivity index (χ1) is 12.1. The largest absolute Gasteiger partial charge is 1.00 e. The zero-order valence-corrected chi connectivity index (χ0v) is 16.5. The summed E-state index contributed by atoms with van der Waals surface area (Å²) in [4.78, 5) is 0. The van der Waals surface area contributed by atoms with E-state index in [1.807, 2.05) is 73.8 Å². The van der Waals surface area contributed by atoms with E-state index in [0.29, 0.717) is 0 Å². The van der Waals surface area contributed by atoms with Crippen molar-refractivity contribution in [1.82, 2.24) is 0 Å². The highest BCUT2D eigenvalue weighted by molar-refractivity contribution is 5.69. The molecule has 132 valence electrons. The van der Waals surface area contributed by atoms with Crippen LogP contribution >= 0.6 is 0 Å². The Morgan fingerprint density at radius 2 is 1.08 bits per heavy atom. The number of halogens is 1. The number of hydrogen-bond acceptors (Lipinski definition) is 2. The van der Waals surface area contributed by atoms with Gasteiger partial charge < -0.3 is 34.2 Å². The molecule has 1 heterocycles. The molecule has 0 spiro atoms. The maximum absolute atomic E-state index is 9.54. The van der Waals surface area contributed by atoms with Gasteiger partial charge in [0.1, 0.15) is 18.5 Å². The standard InChI is InChI=1S/C22H19NO2.HI/c1-23-19(13-11-17-5-2-9-21(24)15-17)7-4-8-20(23)14-12-18-6-3-10-22(25)16-18;/h2-16H,1H3,(H-,24,25);1H. The Morgan fingerprint density at radius 3 is 1.50 bits per heavy atom. The Morgan fingerprint density at radius 1 is 0.654 bits per heavy atom. The molecule has 1 aromatic heterocycles. The van der Waals surface area contributed by atoms with Crippen molar-refractivity contribution < 1.29 is 38.8 Å². The molecular weight excluding hydrogens is 437 g/mol. The summed E-state index contributed by atoms with van der Waals surface area (Å²) in [5.74, 6) is 0.517. The predicted octanol–water partition coefficient (Wildman–Crippen LogP) is 1.27. The van der Waals surface area contributed by atoms with Gasteiger partial charge in [-0.3, -0.25) is 0 Å². The zero-order chi connectivity index (χ0) is 17.6. The topological polar surface area (TPSA) is 44.3 Å². The average Bonchev–Trinajstić information content (AvgIpc) is 2.60. The van der Waals surface area contributed by atoms with Gasteiger partial charge in [0, 0.05) is 24.3 Å². The van der Waals surface area contributed by atoms with Crippen molar-refractivity contribution in [3.8, 4) is 11.5 Å². The lowest BCUT2D eigenvalue weighted by atomic mass is 10.1. The lowest BCUT2D eigenvalue weighted by molar-refractivity contribution is -0.675. The molecule has 0 amide bonds. The first-order valence-corrected chi connectivity index (χ1v) is 8.05. The van der Waals surface area contributed by atoms with Crippen LogP contribution in [0.5, 0.6) is 11.5 Å². The van der Waals surface area contributed by atoms with Gasteiger partial charge in [0.25, 0.3) is 0 Å². The quantitative estimate of drug-likeness (QED) is 0.458. The molecule has 3 nitrogen and oxygen atoms in total. The fraction of sp³-hybridized carbons (Fsp3) is 0.0455. The van der Waals surface area contributed by atoms with E-state index in [9.17, 15) is 10.2 Å². The Kier molecular flexibility index (Phi) is 6.97. The minimum absolute atomic E-state index is 0. The van der Waals surface area contributed by atoms with Gasteiger partial charge in [-0.15, -0.1) is 0 Å². The monoisotopic (exact) mass is 457 g/mol. The van der Waals surface area contributed by atoms with E-state index in [1.54, 1.807) is 24.3 Å². The van der Waals surface area contributed by atoms with Crippen molar-refractivity contribution >= 4 is 24.3 Å². The highest BCUT2D eigenvalue weighted by Crippen LogP contribution is 2.15. The molecular formula is C22H20INO2. The third kappa shape index (κ3) is 5.20. The van der Waals surface area contributed by atoms with E-state index in [1.165, 1.54) is 0 Å². The van der Waals surface area contributed by atoms with Crippen LogP contribution in [0.15, 0.2) is 66.7 Å². The van der Waals surface area contributed by atoms with Gasteiger partial charge >= 0.3 is 0 Å². The zero-order valence-electron chi connectivity index (χ0n) is 14.4. The number of aromatic hydroxyl groups is 2. The van der Waals surface area contributed by atoms with Crippen molar-refractivity contribution in [1.29, 1.82) is 0 Å². The van der Waals surface area contributed by atoms with E-state index < -0.39 is 0 Å². The summed E-state index contributed by atoms with van der Waals surface area (Å²) in [6, 6.07) is 20.4. The summed E-state index contributed by atoms with van der Waals surface area (Å²) < 4.78 is 2.08. The smallest absolute Gasteiger partial charge is 0.205 e. The van der Waals surface area contributed by atoms with Crippen molar-refractivity contribution in [2.24, 2.45) is 7.05 Å². The van der Waals surface area contributed by atoms with Crippen LogP contribution in [0, 0.1) is 0 Å². The molecule has 3 aromatic rings. The normalized spacial score (nSPS) is 11.0. The predicted molar refractivity (Wildman–Crippen MR) is 102 cm³/mol. The SMILES string of the molecule is C[n+]1c(C=Cc2cccc(O)c2)cccc1C=Cc1cccc(O)c1.[I-]. The second-order valence-corrected chi connectivity index (χ2v) is 5.79. The number of benzene rings is 2. The Hall–Kier alpha value is -2.60. The first-order valence-electron chi connectivity index (χ1n) is 8.05.